The van der Waals surface area contributed by atoms with Gasteiger partial charge in [0.2, 0.25) is 11.7 Å². The largest absolute Gasteiger partial charge is 0.475 e. The van der Waals surface area contributed by atoms with Crippen LogP contribution in [0.2, 0.25) is 5.15 Å². The number of halogens is 5. The maximum atomic E-state index is 15.6. The van der Waals surface area contributed by atoms with Gasteiger partial charge in [0.1, 0.15) is 41.4 Å². The van der Waals surface area contributed by atoms with Crippen molar-refractivity contribution >= 4 is 69.5 Å². The number of nitrogens with zero attached hydrogens (tertiary/aromatic N) is 7. The second-order valence-corrected chi connectivity index (χ2v) is 16.6. The van der Waals surface area contributed by atoms with E-state index in [2.05, 4.69) is 41.2 Å². The predicted molar refractivity (Wildman–Crippen MR) is 227 cm³/mol. The maximum Gasteiger partial charge on any atom is 0.417 e. The molecule has 17 nitrogen and oxygen atoms in total. The Hall–Kier alpha value is -6.46. The first-order valence-electron chi connectivity index (χ1n) is 20.4. The molecule has 1 spiro atoms. The topological polar surface area (TPSA) is 188 Å². The molecule has 22 heteroatoms. The average Bonchev–Trinajstić information content (AvgIpc) is 3.79. The Balaban J connectivity index is 0.876. The van der Waals surface area contributed by atoms with E-state index in [0.29, 0.717) is 41.9 Å². The number of allylic oxidation sites excluding steroid dienone is 1. The van der Waals surface area contributed by atoms with Crippen molar-refractivity contribution in [3.8, 4) is 5.88 Å². The number of pyridine rings is 1. The number of amides is 2. The summed E-state index contributed by atoms with van der Waals surface area (Å²) in [5.41, 5.74) is 1.02. The van der Waals surface area contributed by atoms with Crippen LogP contribution in [0.1, 0.15) is 62.8 Å². The van der Waals surface area contributed by atoms with Crippen molar-refractivity contribution in [1.29, 1.82) is 0 Å². The summed E-state index contributed by atoms with van der Waals surface area (Å²) >= 11 is 6.07. The highest BCUT2D eigenvalue weighted by Crippen LogP contribution is 2.53. The summed E-state index contributed by atoms with van der Waals surface area (Å²) in [6.07, 6.45) is 0.503. The van der Waals surface area contributed by atoms with Gasteiger partial charge in [-0.15, -0.1) is 0 Å². The Morgan fingerprint density at radius 1 is 1.06 bits per heavy atom. The van der Waals surface area contributed by atoms with Crippen molar-refractivity contribution in [1.82, 2.24) is 29.8 Å². The number of likely N-dealkylation sites (tertiary alicyclic amines) is 1. The van der Waals surface area contributed by atoms with Gasteiger partial charge in [-0.05, 0) is 75.7 Å². The molecule has 2 amide bonds. The number of urea groups is 1. The van der Waals surface area contributed by atoms with Crippen LogP contribution in [0, 0.1) is 11.2 Å². The van der Waals surface area contributed by atoms with Crippen molar-refractivity contribution < 1.29 is 46.2 Å². The molecule has 64 heavy (non-hydrogen) atoms. The molecule has 1 unspecified atom stereocenters. The van der Waals surface area contributed by atoms with Crippen molar-refractivity contribution in [2.24, 2.45) is 5.41 Å². The number of benzene rings is 1. The Bertz CT molecular complexity index is 2640. The summed E-state index contributed by atoms with van der Waals surface area (Å²) in [6, 6.07) is 3.51. The lowest BCUT2D eigenvalue weighted by Crippen LogP contribution is -2.52. The van der Waals surface area contributed by atoms with E-state index in [4.69, 9.17) is 21.1 Å². The number of hydrogen-bond acceptors (Lipinski definition) is 14. The molecule has 1 aliphatic carbocycles. The summed E-state index contributed by atoms with van der Waals surface area (Å²) in [5, 5.41) is 15.5. The summed E-state index contributed by atoms with van der Waals surface area (Å²) in [5.74, 6) is 4.94. The van der Waals surface area contributed by atoms with Gasteiger partial charge in [0.15, 0.2) is 16.7 Å². The van der Waals surface area contributed by atoms with E-state index >= 15 is 4.39 Å². The van der Waals surface area contributed by atoms with Crippen LogP contribution in [-0.2, 0) is 25.3 Å². The Morgan fingerprint density at radius 3 is 2.50 bits per heavy atom. The summed E-state index contributed by atoms with van der Waals surface area (Å²) < 4.78 is 69.6. The number of fused-ring (bicyclic) bond motifs is 2. The third-order valence-electron chi connectivity index (χ3n) is 12.3. The van der Waals surface area contributed by atoms with Crippen LogP contribution >= 0.6 is 11.6 Å². The zero-order valence-electron chi connectivity index (χ0n) is 34.7. The SMILES string of the molecule is CO[C@@H](C)c1c(NC(=O)Nc2cc(C(F)(F)F)cnc2OCCN2CCC3(CC2)CC(Nc2c(F)ccc4c2N(C)C(=C=O)N4C2CCC(=C=O)NC2=C=O)C3)cnc2cc(Cl)nn12. The van der Waals surface area contributed by atoms with Crippen molar-refractivity contribution in [3.63, 3.8) is 0 Å². The van der Waals surface area contributed by atoms with Gasteiger partial charge in [-0.1, -0.05) is 11.6 Å². The summed E-state index contributed by atoms with van der Waals surface area (Å²) in [6.45, 7) is 3.65. The highest BCUT2D eigenvalue weighted by Gasteiger charge is 2.47. The monoisotopic (exact) mass is 907 g/mol. The molecule has 1 aromatic carbocycles. The first-order valence-corrected chi connectivity index (χ1v) is 20.7. The normalized spacial score (nSPS) is 19.1. The van der Waals surface area contributed by atoms with Crippen LogP contribution in [0.3, 0.4) is 0 Å². The van der Waals surface area contributed by atoms with E-state index in [0.717, 1.165) is 44.8 Å². The van der Waals surface area contributed by atoms with Gasteiger partial charge in [-0.3, -0.25) is 4.90 Å². The standard InChI is InChI=1S/C42H42ClF4N11O6/c1-23(63-3)37-29(19-48-34-15-33(43)54-58(34)37)53-40(62)52-28-14-24(42(45,46)47)18-49-39(28)64-13-12-56-10-8-41(9-11-56)16-26(17-41)51-36-27(44)5-7-32-38(36)55(2)35(22-61)57(32)31-6-4-25(20-59)50-30(31)21-60/h5,7,14-15,18-19,23,26,31,50-51H,4,6,8-13,16-17H2,1-3H3,(H2,52,53,62)/t23-,31?/m0/s1. The first-order chi connectivity index (χ1) is 30.6. The fraction of sp³-hybridized carbons (Fsp3) is 0.429. The smallest absolute Gasteiger partial charge is 0.417 e. The number of rotatable bonds is 11. The second-order valence-electron chi connectivity index (χ2n) is 16.2. The van der Waals surface area contributed by atoms with Gasteiger partial charge in [0.25, 0.3) is 0 Å². The molecule has 0 radical (unpaired) electrons. The summed E-state index contributed by atoms with van der Waals surface area (Å²) in [7, 11) is 3.09. The van der Waals surface area contributed by atoms with E-state index in [1.54, 1.807) is 35.8 Å². The van der Waals surface area contributed by atoms with Crippen LogP contribution in [-0.4, -0.2) is 101 Å². The molecule has 0 bridgehead atoms. The third kappa shape index (κ3) is 8.48. The molecule has 1 saturated carbocycles. The molecule has 8 rings (SSSR count). The van der Waals surface area contributed by atoms with Gasteiger partial charge >= 0.3 is 12.2 Å². The molecule has 2 atom stereocenters. The van der Waals surface area contributed by atoms with Crippen molar-refractivity contribution in [3.05, 3.63) is 76.1 Å². The minimum Gasteiger partial charge on any atom is -0.475 e. The molecule has 2 saturated heterocycles. The van der Waals surface area contributed by atoms with Gasteiger partial charge in [0, 0.05) is 45.4 Å². The van der Waals surface area contributed by atoms with E-state index in [9.17, 15) is 32.3 Å². The number of anilines is 5. The highest BCUT2D eigenvalue weighted by atomic mass is 35.5. The molecule has 4 aromatic rings. The Kier molecular flexibility index (Phi) is 12.1. The summed E-state index contributed by atoms with van der Waals surface area (Å²) in [4.78, 5) is 62.2. The lowest BCUT2D eigenvalue weighted by molar-refractivity contribution is -0.137. The number of piperidine rings is 2. The molecule has 3 aromatic heterocycles. The van der Waals surface area contributed by atoms with E-state index < -0.39 is 35.7 Å². The average molecular weight is 908 g/mol. The molecule has 336 valence electrons. The van der Waals surface area contributed by atoms with Crippen LogP contribution in [0.25, 0.3) is 5.65 Å². The second kappa shape index (κ2) is 17.6. The van der Waals surface area contributed by atoms with Gasteiger partial charge in [0.05, 0.1) is 52.3 Å². The van der Waals surface area contributed by atoms with E-state index in [-0.39, 0.29) is 69.8 Å². The van der Waals surface area contributed by atoms with Crippen LogP contribution < -0.4 is 35.8 Å². The quantitative estimate of drug-likeness (QED) is 0.0994. The molecular formula is C42H42ClF4N11O6. The number of hydrogen-bond donors (Lipinski definition) is 4. The third-order valence-corrected chi connectivity index (χ3v) is 12.5. The van der Waals surface area contributed by atoms with Crippen molar-refractivity contribution in [2.45, 2.75) is 69.8 Å². The Labute approximate surface area is 368 Å². The molecular weight excluding hydrogens is 866 g/mol. The molecule has 3 aliphatic heterocycles. The lowest BCUT2D eigenvalue weighted by atomic mass is 9.60. The van der Waals surface area contributed by atoms with Gasteiger partial charge in [-0.2, -0.15) is 18.3 Å². The molecule has 6 heterocycles. The van der Waals surface area contributed by atoms with Crippen LogP contribution in [0.15, 0.2) is 53.9 Å². The number of ether oxygens (including phenoxy) is 2. The fourth-order valence-electron chi connectivity index (χ4n) is 9.04. The fourth-order valence-corrected chi connectivity index (χ4v) is 9.21. The first kappa shape index (κ1) is 44.2. The minimum atomic E-state index is -4.74. The highest BCUT2D eigenvalue weighted by molar-refractivity contribution is 6.29. The minimum absolute atomic E-state index is 0.0144. The number of methoxy groups -OCH3 is 1. The number of carbonyl (C=O) groups excluding carboxylic acids is 4. The lowest BCUT2D eigenvalue weighted by Gasteiger charge is -2.52. The molecule has 4 N–H and O–H groups in total. The van der Waals surface area contributed by atoms with E-state index in [1.807, 2.05) is 11.9 Å². The number of aromatic nitrogens is 4. The van der Waals surface area contributed by atoms with Gasteiger partial charge < -0.3 is 40.5 Å². The van der Waals surface area contributed by atoms with Crippen LogP contribution in [0.4, 0.5) is 50.8 Å². The predicted octanol–water partition coefficient (Wildman–Crippen LogP) is 6.13. The number of alkyl halides is 3. The maximum absolute atomic E-state index is 15.6. The zero-order chi connectivity index (χ0) is 45.5. The molecule has 3 fully saturated rings. The van der Waals surface area contributed by atoms with E-state index in [1.165, 1.54) is 30.0 Å². The van der Waals surface area contributed by atoms with Gasteiger partial charge in [-0.25, -0.2) is 38.1 Å². The number of carbonyl (C=O) groups is 1. The zero-order valence-corrected chi connectivity index (χ0v) is 35.5. The Morgan fingerprint density at radius 2 is 1.81 bits per heavy atom. The van der Waals surface area contributed by atoms with Crippen LogP contribution in [0.5, 0.6) is 5.88 Å². The van der Waals surface area contributed by atoms with Crippen molar-refractivity contribution in [2.75, 3.05) is 66.1 Å². The molecule has 4 aliphatic rings. The number of nitrogens with one attached hydrogen (secondary N) is 4.